The Kier molecular flexibility index (Phi) is 4.40. The lowest BCUT2D eigenvalue weighted by molar-refractivity contribution is -0.159. The molecule has 2 rings (SSSR count). The highest BCUT2D eigenvalue weighted by atomic mass is 16.2. The van der Waals surface area contributed by atoms with Gasteiger partial charge in [-0.15, -0.1) is 0 Å². The molecular weight excluding hydrogens is 252 g/mol. The van der Waals surface area contributed by atoms with Gasteiger partial charge in [-0.1, -0.05) is 33.6 Å². The average Bonchev–Trinajstić information content (AvgIpc) is 3.28. The van der Waals surface area contributed by atoms with Crippen LogP contribution in [0.3, 0.4) is 0 Å². The first-order valence-corrected chi connectivity index (χ1v) is 8.11. The summed E-state index contributed by atoms with van der Waals surface area (Å²) in [5, 5.41) is 2.94. The van der Waals surface area contributed by atoms with Crippen LogP contribution in [0.1, 0.15) is 59.8 Å². The molecule has 2 fully saturated rings. The van der Waals surface area contributed by atoms with Crippen molar-refractivity contribution >= 4 is 11.8 Å². The minimum Gasteiger partial charge on any atom is -0.342 e. The van der Waals surface area contributed by atoms with E-state index in [1.165, 1.54) is 0 Å². The molecule has 2 atom stereocenters. The maximum atomic E-state index is 12.7. The first-order chi connectivity index (χ1) is 9.48. The zero-order chi connectivity index (χ0) is 14.9. The predicted octanol–water partition coefficient (Wildman–Crippen LogP) is 2.33. The third kappa shape index (κ3) is 2.45. The lowest BCUT2D eigenvalue weighted by Gasteiger charge is -2.47. The number of nitrogens with one attached hydrogen (secondary N) is 1. The Bertz CT molecular complexity index is 388. The van der Waals surface area contributed by atoms with E-state index in [-0.39, 0.29) is 17.9 Å². The van der Waals surface area contributed by atoms with E-state index in [2.05, 4.69) is 19.2 Å². The Balaban J connectivity index is 2.27. The number of hydrogen-bond acceptors (Lipinski definition) is 2. The first-order valence-electron chi connectivity index (χ1n) is 8.11. The van der Waals surface area contributed by atoms with Gasteiger partial charge < -0.3 is 10.2 Å². The molecule has 0 radical (unpaired) electrons. The van der Waals surface area contributed by atoms with E-state index in [0.29, 0.717) is 18.3 Å². The fourth-order valence-corrected chi connectivity index (χ4v) is 3.32. The van der Waals surface area contributed by atoms with E-state index in [9.17, 15) is 9.59 Å². The number of carbonyl (C=O) groups excluding carboxylic acids is 2. The van der Waals surface area contributed by atoms with E-state index in [1.807, 2.05) is 18.7 Å². The second-order valence-corrected chi connectivity index (χ2v) is 6.49. The number of rotatable bonds is 6. The van der Waals surface area contributed by atoms with Crippen LogP contribution in [0.5, 0.6) is 0 Å². The van der Waals surface area contributed by atoms with E-state index in [4.69, 9.17) is 0 Å². The largest absolute Gasteiger partial charge is 0.342 e. The summed E-state index contributed by atoms with van der Waals surface area (Å²) in [4.78, 5) is 27.2. The van der Waals surface area contributed by atoms with Crippen LogP contribution < -0.4 is 5.32 Å². The van der Waals surface area contributed by atoms with Crippen LogP contribution in [-0.2, 0) is 9.59 Å². The van der Waals surface area contributed by atoms with Crippen LogP contribution in [0.25, 0.3) is 0 Å². The zero-order valence-electron chi connectivity index (χ0n) is 13.2. The van der Waals surface area contributed by atoms with Gasteiger partial charge in [0, 0.05) is 6.54 Å². The molecule has 2 unspecified atom stereocenters. The fraction of sp³-hybridized carbons (Fsp3) is 0.875. The third-order valence-electron chi connectivity index (χ3n) is 5.27. The standard InChI is InChI=1S/C16H28N2O2/c1-5-11(6-2)10-18-14(19)13(7-3)17-15(20)16(18,4)12-8-9-12/h11-13H,5-10H2,1-4H3,(H,17,20). The number of nitrogens with zero attached hydrogens (tertiary/aromatic N) is 1. The van der Waals surface area contributed by atoms with E-state index >= 15 is 0 Å². The van der Waals surface area contributed by atoms with Crippen molar-refractivity contribution in [2.24, 2.45) is 11.8 Å². The Morgan fingerprint density at radius 1 is 1.25 bits per heavy atom. The number of hydrogen-bond donors (Lipinski definition) is 1. The number of amides is 2. The van der Waals surface area contributed by atoms with Crippen molar-refractivity contribution < 1.29 is 9.59 Å². The number of carbonyl (C=O) groups is 2. The lowest BCUT2D eigenvalue weighted by atomic mass is 9.86. The molecular formula is C16H28N2O2. The molecule has 20 heavy (non-hydrogen) atoms. The molecule has 1 aliphatic carbocycles. The van der Waals surface area contributed by atoms with E-state index in [0.717, 1.165) is 32.2 Å². The highest BCUT2D eigenvalue weighted by Gasteiger charge is 2.56. The predicted molar refractivity (Wildman–Crippen MR) is 79.1 cm³/mol. The van der Waals surface area contributed by atoms with E-state index < -0.39 is 5.54 Å². The Morgan fingerprint density at radius 2 is 1.85 bits per heavy atom. The Hall–Kier alpha value is -1.06. The van der Waals surface area contributed by atoms with Gasteiger partial charge in [0.25, 0.3) is 0 Å². The van der Waals surface area contributed by atoms with Crippen molar-refractivity contribution in [1.82, 2.24) is 10.2 Å². The summed E-state index contributed by atoms with van der Waals surface area (Å²) in [6, 6.07) is -0.330. The van der Waals surface area contributed by atoms with Gasteiger partial charge in [0.1, 0.15) is 11.6 Å². The summed E-state index contributed by atoms with van der Waals surface area (Å²) in [6.45, 7) is 8.97. The maximum Gasteiger partial charge on any atom is 0.246 e. The molecule has 2 aliphatic rings. The van der Waals surface area contributed by atoms with Gasteiger partial charge in [-0.2, -0.15) is 0 Å². The summed E-state index contributed by atoms with van der Waals surface area (Å²) in [7, 11) is 0. The zero-order valence-corrected chi connectivity index (χ0v) is 13.2. The van der Waals surface area contributed by atoms with Crippen LogP contribution >= 0.6 is 0 Å². The van der Waals surface area contributed by atoms with Crippen LogP contribution in [-0.4, -0.2) is 34.8 Å². The van der Waals surface area contributed by atoms with Gasteiger partial charge >= 0.3 is 0 Å². The topological polar surface area (TPSA) is 49.4 Å². The highest BCUT2D eigenvalue weighted by molar-refractivity contribution is 6.00. The second-order valence-electron chi connectivity index (χ2n) is 6.49. The molecule has 2 amide bonds. The molecule has 0 spiro atoms. The fourth-order valence-electron chi connectivity index (χ4n) is 3.32. The van der Waals surface area contributed by atoms with Gasteiger partial charge in [-0.25, -0.2) is 0 Å². The highest BCUT2D eigenvalue weighted by Crippen LogP contribution is 2.45. The summed E-state index contributed by atoms with van der Waals surface area (Å²) >= 11 is 0. The second kappa shape index (κ2) is 5.74. The van der Waals surface area contributed by atoms with Crippen molar-refractivity contribution in [2.75, 3.05) is 6.54 Å². The molecule has 1 heterocycles. The third-order valence-corrected chi connectivity index (χ3v) is 5.27. The van der Waals surface area contributed by atoms with Gasteiger partial charge in [-0.05, 0) is 38.0 Å². The molecule has 114 valence electrons. The molecule has 1 saturated heterocycles. The minimum atomic E-state index is -0.620. The summed E-state index contributed by atoms with van der Waals surface area (Å²) in [5.74, 6) is 1.00. The molecule has 1 N–H and O–H groups in total. The Morgan fingerprint density at radius 3 is 2.30 bits per heavy atom. The molecule has 0 aromatic carbocycles. The molecule has 0 aromatic heterocycles. The summed E-state index contributed by atoms with van der Waals surface area (Å²) < 4.78 is 0. The SMILES string of the molecule is CCC(CC)CN1C(=O)C(CC)NC(=O)C1(C)C1CC1. The molecule has 1 saturated carbocycles. The Labute approximate surface area is 122 Å². The number of piperazine rings is 1. The molecule has 0 aromatic rings. The van der Waals surface area contributed by atoms with Crippen molar-refractivity contribution in [3.8, 4) is 0 Å². The van der Waals surface area contributed by atoms with Gasteiger partial charge in [0.15, 0.2) is 0 Å². The van der Waals surface area contributed by atoms with Crippen molar-refractivity contribution in [3.63, 3.8) is 0 Å². The van der Waals surface area contributed by atoms with Crippen LogP contribution in [0.4, 0.5) is 0 Å². The monoisotopic (exact) mass is 280 g/mol. The van der Waals surface area contributed by atoms with Gasteiger partial charge in [0.05, 0.1) is 0 Å². The van der Waals surface area contributed by atoms with Gasteiger partial charge in [0.2, 0.25) is 11.8 Å². The lowest BCUT2D eigenvalue weighted by Crippen LogP contribution is -2.70. The van der Waals surface area contributed by atoms with Gasteiger partial charge in [-0.3, -0.25) is 9.59 Å². The first kappa shape index (κ1) is 15.3. The molecule has 4 nitrogen and oxygen atoms in total. The summed E-state index contributed by atoms with van der Waals surface area (Å²) in [6.07, 6.45) is 4.91. The quantitative estimate of drug-likeness (QED) is 0.812. The molecule has 0 bridgehead atoms. The van der Waals surface area contributed by atoms with Crippen LogP contribution in [0.15, 0.2) is 0 Å². The minimum absolute atomic E-state index is 0.0532. The van der Waals surface area contributed by atoms with Crippen molar-refractivity contribution in [2.45, 2.75) is 71.4 Å². The average molecular weight is 280 g/mol. The van der Waals surface area contributed by atoms with Crippen LogP contribution in [0.2, 0.25) is 0 Å². The van der Waals surface area contributed by atoms with Crippen molar-refractivity contribution in [1.29, 1.82) is 0 Å². The van der Waals surface area contributed by atoms with Crippen LogP contribution in [0, 0.1) is 11.8 Å². The van der Waals surface area contributed by atoms with E-state index in [1.54, 1.807) is 0 Å². The molecule has 1 aliphatic heterocycles. The normalized spacial score (nSPS) is 30.9. The summed E-state index contributed by atoms with van der Waals surface area (Å²) in [5.41, 5.74) is -0.620. The maximum absolute atomic E-state index is 12.7. The van der Waals surface area contributed by atoms with Crippen molar-refractivity contribution in [3.05, 3.63) is 0 Å². The molecule has 4 heteroatoms. The smallest absolute Gasteiger partial charge is 0.246 e.